The van der Waals surface area contributed by atoms with Crippen molar-refractivity contribution in [1.82, 2.24) is 4.90 Å². The van der Waals surface area contributed by atoms with Crippen LogP contribution in [-0.4, -0.2) is 58.4 Å². The Hall–Kier alpha value is -1.58. The van der Waals surface area contributed by atoms with E-state index in [1.165, 1.54) is 25.8 Å². The van der Waals surface area contributed by atoms with Crippen molar-refractivity contribution in [3.05, 3.63) is 11.3 Å². The lowest BCUT2D eigenvalue weighted by molar-refractivity contribution is -0.183. The van der Waals surface area contributed by atoms with Crippen molar-refractivity contribution in [3.8, 4) is 0 Å². The van der Waals surface area contributed by atoms with Gasteiger partial charge in [-0.15, -0.1) is 11.8 Å². The van der Waals surface area contributed by atoms with Crippen LogP contribution in [0.3, 0.4) is 0 Å². The van der Waals surface area contributed by atoms with E-state index in [2.05, 4.69) is 0 Å². The van der Waals surface area contributed by atoms with Gasteiger partial charge in [-0.3, -0.25) is 20.2 Å². The van der Waals surface area contributed by atoms with Crippen LogP contribution < -0.4 is 5.73 Å². The molecule has 0 aliphatic carbocycles. The number of carbonyl (C=O) groups is 3. The summed E-state index contributed by atoms with van der Waals surface area (Å²) in [5.74, 6) is -2.10. The first-order chi connectivity index (χ1) is 9.32. The number of nitrogens with two attached hydrogens (primary N) is 1. The number of nitrogens with zero attached hydrogens (tertiary/aromatic N) is 1. The van der Waals surface area contributed by atoms with E-state index in [-0.39, 0.29) is 12.3 Å². The molecule has 0 aromatic carbocycles. The molecule has 0 bridgehead atoms. The van der Waals surface area contributed by atoms with Gasteiger partial charge in [-0.05, 0) is 0 Å². The maximum absolute atomic E-state index is 12.0. The second-order valence-electron chi connectivity index (χ2n) is 4.37. The zero-order valence-electron chi connectivity index (χ0n) is 10.9. The molecular formula is C11H14N2O6S. The number of carboxylic acid groups (broad SMARTS) is 1. The Balaban J connectivity index is 2.31. The lowest BCUT2D eigenvalue weighted by Gasteiger charge is -2.54. The van der Waals surface area contributed by atoms with Crippen molar-refractivity contribution in [1.29, 1.82) is 0 Å². The van der Waals surface area contributed by atoms with E-state index >= 15 is 0 Å². The molecular weight excluding hydrogens is 288 g/mol. The summed E-state index contributed by atoms with van der Waals surface area (Å²) in [5.41, 5.74) is 4.47. The van der Waals surface area contributed by atoms with Gasteiger partial charge in [0.2, 0.25) is 5.72 Å². The fraction of sp³-hybridized carbons (Fsp3) is 0.545. The highest BCUT2D eigenvalue weighted by atomic mass is 32.2. The summed E-state index contributed by atoms with van der Waals surface area (Å²) < 4.78 is 9.79. The van der Waals surface area contributed by atoms with Crippen molar-refractivity contribution in [2.24, 2.45) is 5.73 Å². The van der Waals surface area contributed by atoms with Crippen molar-refractivity contribution < 1.29 is 29.0 Å². The zero-order valence-corrected chi connectivity index (χ0v) is 11.7. The molecule has 0 saturated carbocycles. The molecule has 0 aromatic heterocycles. The van der Waals surface area contributed by atoms with Crippen molar-refractivity contribution in [2.75, 3.05) is 19.5 Å². The SMILES string of the molecule is CO[C@@]1(N)C(=O)N2C(C(=O)O)=C(COC(C)=O)CS[C@@H]21. The van der Waals surface area contributed by atoms with Gasteiger partial charge in [0, 0.05) is 25.4 Å². The van der Waals surface area contributed by atoms with Crippen LogP contribution in [0.25, 0.3) is 0 Å². The number of aliphatic carboxylic acids is 1. The third kappa shape index (κ3) is 2.07. The maximum atomic E-state index is 12.0. The molecule has 2 aliphatic rings. The number of rotatable bonds is 4. The molecule has 8 nitrogen and oxygen atoms in total. The molecule has 1 saturated heterocycles. The molecule has 0 spiro atoms. The highest BCUT2D eigenvalue weighted by molar-refractivity contribution is 8.00. The van der Waals surface area contributed by atoms with Gasteiger partial charge in [-0.1, -0.05) is 0 Å². The Kier molecular flexibility index (Phi) is 3.76. The number of β-lactam (4-membered cyclic amide) rings is 1. The normalized spacial score (nSPS) is 28.9. The highest BCUT2D eigenvalue weighted by Crippen LogP contribution is 2.45. The number of methoxy groups -OCH3 is 1. The third-order valence-electron chi connectivity index (χ3n) is 3.14. The van der Waals surface area contributed by atoms with E-state index in [1.54, 1.807) is 0 Å². The van der Waals surface area contributed by atoms with Crippen molar-refractivity contribution >= 4 is 29.6 Å². The van der Waals surface area contributed by atoms with E-state index in [1.807, 2.05) is 0 Å². The van der Waals surface area contributed by atoms with Crippen molar-refractivity contribution in [3.63, 3.8) is 0 Å². The fourth-order valence-electron chi connectivity index (χ4n) is 2.10. The average Bonchev–Trinajstić information content (AvgIpc) is 2.42. The minimum absolute atomic E-state index is 0.162. The van der Waals surface area contributed by atoms with Gasteiger partial charge in [-0.25, -0.2) is 4.79 Å². The van der Waals surface area contributed by atoms with Gasteiger partial charge in [0.15, 0.2) is 0 Å². The first-order valence-corrected chi connectivity index (χ1v) is 6.75. The molecule has 2 heterocycles. The van der Waals surface area contributed by atoms with Gasteiger partial charge in [-0.2, -0.15) is 0 Å². The van der Waals surface area contributed by atoms with Crippen LogP contribution in [0.15, 0.2) is 11.3 Å². The van der Waals surface area contributed by atoms with Crippen LogP contribution in [0.2, 0.25) is 0 Å². The fourth-order valence-corrected chi connectivity index (χ4v) is 3.48. The number of hydrogen-bond donors (Lipinski definition) is 2. The van der Waals surface area contributed by atoms with Crippen LogP contribution in [0.4, 0.5) is 0 Å². The van der Waals surface area contributed by atoms with Crippen LogP contribution in [-0.2, 0) is 23.9 Å². The van der Waals surface area contributed by atoms with Crippen LogP contribution in [0, 0.1) is 0 Å². The van der Waals surface area contributed by atoms with Gasteiger partial charge in [0.05, 0.1) is 0 Å². The molecule has 20 heavy (non-hydrogen) atoms. The monoisotopic (exact) mass is 302 g/mol. The first kappa shape index (κ1) is 14.8. The number of fused-ring (bicyclic) bond motifs is 1. The molecule has 0 aromatic rings. The number of carbonyl (C=O) groups excluding carboxylic acids is 2. The average molecular weight is 302 g/mol. The second-order valence-corrected chi connectivity index (χ2v) is 5.44. The minimum Gasteiger partial charge on any atom is -0.477 e. The number of carboxylic acids is 1. The highest BCUT2D eigenvalue weighted by Gasteiger charge is 2.63. The van der Waals surface area contributed by atoms with E-state index in [0.29, 0.717) is 11.3 Å². The Morgan fingerprint density at radius 1 is 1.60 bits per heavy atom. The molecule has 9 heteroatoms. The van der Waals surface area contributed by atoms with E-state index in [0.717, 1.165) is 4.90 Å². The van der Waals surface area contributed by atoms with Crippen LogP contribution in [0.1, 0.15) is 6.92 Å². The zero-order chi connectivity index (χ0) is 15.1. The quantitative estimate of drug-likeness (QED) is 0.390. The number of thioether (sulfide) groups is 1. The predicted molar refractivity (Wildman–Crippen MR) is 68.3 cm³/mol. The van der Waals surface area contributed by atoms with Crippen molar-refractivity contribution in [2.45, 2.75) is 18.0 Å². The lowest BCUT2D eigenvalue weighted by atomic mass is 9.99. The summed E-state index contributed by atoms with van der Waals surface area (Å²) in [5, 5.41) is 8.68. The van der Waals surface area contributed by atoms with Gasteiger partial charge in [0.25, 0.3) is 5.91 Å². The van der Waals surface area contributed by atoms with Crippen LogP contribution >= 0.6 is 11.8 Å². The summed E-state index contributed by atoms with van der Waals surface area (Å²) in [6, 6.07) is 0. The Bertz CT molecular complexity index is 519. The molecule has 2 aliphatic heterocycles. The molecule has 1 amide bonds. The summed E-state index contributed by atoms with van der Waals surface area (Å²) in [7, 11) is 1.30. The Morgan fingerprint density at radius 3 is 2.75 bits per heavy atom. The summed E-state index contributed by atoms with van der Waals surface area (Å²) >= 11 is 1.27. The van der Waals surface area contributed by atoms with E-state index in [9.17, 15) is 19.5 Å². The Labute approximate surface area is 118 Å². The number of hydrogen-bond acceptors (Lipinski definition) is 7. The summed E-state index contributed by atoms with van der Waals surface area (Å²) in [6.07, 6.45) is 0. The summed E-state index contributed by atoms with van der Waals surface area (Å²) in [4.78, 5) is 35.3. The standard InChI is InChI=1S/C11H14N2O6S/c1-5(14)19-3-6-4-20-10-11(12,18-2)9(17)13(10)7(6)8(15)16/h10H,3-4,12H2,1-2H3,(H,15,16)/t10-,11+/m1/s1. The molecule has 1 fully saturated rings. The topological polar surface area (TPSA) is 119 Å². The van der Waals surface area contributed by atoms with E-state index < -0.39 is 28.9 Å². The van der Waals surface area contributed by atoms with Crippen LogP contribution in [0.5, 0.6) is 0 Å². The molecule has 2 rings (SSSR count). The number of amides is 1. The number of ether oxygens (including phenoxy) is 2. The predicted octanol–water partition coefficient (Wildman–Crippen LogP) is -0.895. The minimum atomic E-state index is -1.50. The smallest absolute Gasteiger partial charge is 0.352 e. The Morgan fingerprint density at radius 2 is 2.25 bits per heavy atom. The largest absolute Gasteiger partial charge is 0.477 e. The van der Waals surface area contributed by atoms with Gasteiger partial charge >= 0.3 is 11.9 Å². The third-order valence-corrected chi connectivity index (χ3v) is 4.53. The number of esters is 1. The molecule has 0 radical (unpaired) electrons. The van der Waals surface area contributed by atoms with Gasteiger partial charge < -0.3 is 14.6 Å². The lowest BCUT2D eigenvalue weighted by Crippen LogP contribution is -2.78. The van der Waals surface area contributed by atoms with E-state index in [4.69, 9.17) is 15.2 Å². The summed E-state index contributed by atoms with van der Waals surface area (Å²) in [6.45, 7) is 1.06. The molecule has 3 N–H and O–H groups in total. The first-order valence-electron chi connectivity index (χ1n) is 5.71. The van der Waals surface area contributed by atoms with Gasteiger partial charge in [0.1, 0.15) is 17.7 Å². The molecule has 110 valence electrons. The molecule has 0 unspecified atom stereocenters. The maximum Gasteiger partial charge on any atom is 0.352 e. The molecule has 2 atom stereocenters. The second kappa shape index (κ2) is 5.08.